The van der Waals surface area contributed by atoms with Crippen LogP contribution in [0.1, 0.15) is 15.9 Å². The largest absolute Gasteiger partial charge is 0.457 e. The van der Waals surface area contributed by atoms with Crippen molar-refractivity contribution >= 4 is 5.97 Å². The molecule has 2 aromatic carbocycles. The van der Waals surface area contributed by atoms with E-state index in [1.165, 1.54) is 0 Å². The minimum atomic E-state index is -0.324. The van der Waals surface area contributed by atoms with Gasteiger partial charge in [-0.15, -0.1) is 0 Å². The molecule has 4 nitrogen and oxygen atoms in total. The van der Waals surface area contributed by atoms with Crippen molar-refractivity contribution in [2.24, 2.45) is 0 Å². The number of esters is 1. The molecule has 0 radical (unpaired) electrons. The summed E-state index contributed by atoms with van der Waals surface area (Å²) >= 11 is 0. The maximum absolute atomic E-state index is 12.0. The molecule has 0 fully saturated rings. The number of aromatic amines is 1. The van der Waals surface area contributed by atoms with E-state index in [9.17, 15) is 4.79 Å². The molecule has 0 saturated heterocycles. The van der Waals surface area contributed by atoms with E-state index in [1.807, 2.05) is 42.5 Å². The van der Waals surface area contributed by atoms with Crippen molar-refractivity contribution in [2.75, 3.05) is 0 Å². The highest BCUT2D eigenvalue weighted by Crippen LogP contribution is 2.17. The van der Waals surface area contributed by atoms with Gasteiger partial charge in [0.15, 0.2) is 0 Å². The van der Waals surface area contributed by atoms with Crippen LogP contribution in [0.2, 0.25) is 0 Å². The molecular formula is C17H14N2O2. The summed E-state index contributed by atoms with van der Waals surface area (Å²) in [4.78, 5) is 19.0. The predicted octanol–water partition coefficient (Wildman–Crippen LogP) is 3.43. The summed E-state index contributed by atoms with van der Waals surface area (Å²) in [7, 11) is 0. The first kappa shape index (κ1) is 13.1. The number of hydrogen-bond donors (Lipinski definition) is 1. The van der Waals surface area contributed by atoms with Crippen LogP contribution in [0.3, 0.4) is 0 Å². The van der Waals surface area contributed by atoms with E-state index in [0.717, 1.165) is 16.8 Å². The van der Waals surface area contributed by atoms with Crippen LogP contribution in [0.25, 0.3) is 11.3 Å². The Morgan fingerprint density at radius 3 is 2.48 bits per heavy atom. The average Bonchev–Trinajstić information content (AvgIpc) is 3.08. The molecule has 4 heteroatoms. The van der Waals surface area contributed by atoms with E-state index < -0.39 is 0 Å². The standard InChI is InChI=1S/C17H14N2O2/c20-17(21-11-13-4-2-1-3-5-13)15-8-6-14(7-9-15)16-10-18-12-19-16/h1-10,12H,11H2,(H,18,19). The van der Waals surface area contributed by atoms with Crippen molar-refractivity contribution in [3.63, 3.8) is 0 Å². The van der Waals surface area contributed by atoms with Gasteiger partial charge in [0, 0.05) is 0 Å². The number of nitrogens with zero attached hydrogens (tertiary/aromatic N) is 1. The number of hydrogen-bond acceptors (Lipinski definition) is 3. The fourth-order valence-electron chi connectivity index (χ4n) is 2.01. The topological polar surface area (TPSA) is 55.0 Å². The van der Waals surface area contributed by atoms with Crippen LogP contribution in [0.4, 0.5) is 0 Å². The smallest absolute Gasteiger partial charge is 0.338 e. The molecule has 0 aliphatic rings. The van der Waals surface area contributed by atoms with Gasteiger partial charge in [-0.1, -0.05) is 42.5 Å². The molecule has 0 unspecified atom stereocenters. The van der Waals surface area contributed by atoms with Crippen molar-refractivity contribution in [1.29, 1.82) is 0 Å². The van der Waals surface area contributed by atoms with Crippen molar-refractivity contribution in [1.82, 2.24) is 9.97 Å². The third-order valence-electron chi connectivity index (χ3n) is 3.14. The zero-order valence-electron chi connectivity index (χ0n) is 11.3. The highest BCUT2D eigenvalue weighted by atomic mass is 16.5. The SMILES string of the molecule is O=C(OCc1ccccc1)c1ccc(-c2cnc[nH]2)cc1. The molecule has 0 aliphatic heterocycles. The first-order valence-corrected chi connectivity index (χ1v) is 6.63. The summed E-state index contributed by atoms with van der Waals surface area (Å²) in [6.07, 6.45) is 3.36. The fourth-order valence-corrected chi connectivity index (χ4v) is 2.01. The predicted molar refractivity (Wildman–Crippen MR) is 79.6 cm³/mol. The van der Waals surface area contributed by atoms with E-state index in [-0.39, 0.29) is 12.6 Å². The number of H-pyrrole nitrogens is 1. The van der Waals surface area contributed by atoms with Crippen LogP contribution in [-0.4, -0.2) is 15.9 Å². The monoisotopic (exact) mass is 278 g/mol. The molecule has 0 atom stereocenters. The second-order valence-corrected chi connectivity index (χ2v) is 4.60. The second-order valence-electron chi connectivity index (χ2n) is 4.60. The molecule has 0 saturated carbocycles. The quantitative estimate of drug-likeness (QED) is 0.744. The number of benzene rings is 2. The van der Waals surface area contributed by atoms with Gasteiger partial charge in [0.2, 0.25) is 0 Å². The van der Waals surface area contributed by atoms with Gasteiger partial charge in [-0.3, -0.25) is 0 Å². The summed E-state index contributed by atoms with van der Waals surface area (Å²) in [5.41, 5.74) is 3.40. The Morgan fingerprint density at radius 2 is 1.81 bits per heavy atom. The molecule has 1 aromatic heterocycles. The van der Waals surface area contributed by atoms with Gasteiger partial charge in [0.25, 0.3) is 0 Å². The molecular weight excluding hydrogens is 264 g/mol. The maximum atomic E-state index is 12.0. The van der Waals surface area contributed by atoms with Gasteiger partial charge in [-0.05, 0) is 23.3 Å². The van der Waals surface area contributed by atoms with Gasteiger partial charge in [-0.2, -0.15) is 0 Å². The molecule has 104 valence electrons. The van der Waals surface area contributed by atoms with E-state index in [2.05, 4.69) is 9.97 Å². The summed E-state index contributed by atoms with van der Waals surface area (Å²) in [5, 5.41) is 0. The van der Waals surface area contributed by atoms with Crippen LogP contribution >= 0.6 is 0 Å². The number of carbonyl (C=O) groups excluding carboxylic acids is 1. The molecule has 0 amide bonds. The van der Waals surface area contributed by atoms with Crippen molar-refractivity contribution in [3.05, 3.63) is 78.2 Å². The normalized spacial score (nSPS) is 10.3. The van der Waals surface area contributed by atoms with Crippen molar-refractivity contribution in [2.45, 2.75) is 6.61 Å². The lowest BCUT2D eigenvalue weighted by Crippen LogP contribution is -2.05. The molecule has 0 aliphatic carbocycles. The second kappa shape index (κ2) is 6.05. The number of carbonyl (C=O) groups is 1. The Labute approximate surface area is 122 Å². The van der Waals surface area contributed by atoms with Crippen LogP contribution < -0.4 is 0 Å². The summed E-state index contributed by atoms with van der Waals surface area (Å²) in [5.74, 6) is -0.324. The Morgan fingerprint density at radius 1 is 1.05 bits per heavy atom. The molecule has 3 aromatic rings. The zero-order chi connectivity index (χ0) is 14.5. The Hall–Kier alpha value is -2.88. The molecule has 21 heavy (non-hydrogen) atoms. The van der Waals surface area contributed by atoms with Gasteiger partial charge in [0.05, 0.1) is 23.8 Å². The molecule has 0 spiro atoms. The minimum Gasteiger partial charge on any atom is -0.457 e. The van der Waals surface area contributed by atoms with Crippen LogP contribution in [0.15, 0.2) is 67.1 Å². The van der Waals surface area contributed by atoms with Gasteiger partial charge in [-0.25, -0.2) is 9.78 Å². The third-order valence-corrected chi connectivity index (χ3v) is 3.14. The third kappa shape index (κ3) is 3.17. The van der Waals surface area contributed by atoms with Crippen LogP contribution in [0.5, 0.6) is 0 Å². The maximum Gasteiger partial charge on any atom is 0.338 e. The van der Waals surface area contributed by atoms with E-state index in [1.54, 1.807) is 24.7 Å². The molecule has 3 rings (SSSR count). The number of imidazole rings is 1. The highest BCUT2D eigenvalue weighted by Gasteiger charge is 2.08. The van der Waals surface area contributed by atoms with Crippen LogP contribution in [-0.2, 0) is 11.3 Å². The Balaban J connectivity index is 1.65. The lowest BCUT2D eigenvalue weighted by atomic mass is 10.1. The first-order chi connectivity index (χ1) is 10.3. The van der Waals surface area contributed by atoms with Gasteiger partial charge >= 0.3 is 5.97 Å². The Kier molecular flexibility index (Phi) is 3.78. The van der Waals surface area contributed by atoms with Gasteiger partial charge in [0.1, 0.15) is 6.61 Å². The lowest BCUT2D eigenvalue weighted by molar-refractivity contribution is 0.0473. The van der Waals surface area contributed by atoms with Crippen molar-refractivity contribution in [3.8, 4) is 11.3 Å². The zero-order valence-corrected chi connectivity index (χ0v) is 11.3. The highest BCUT2D eigenvalue weighted by molar-refractivity contribution is 5.89. The van der Waals surface area contributed by atoms with E-state index >= 15 is 0 Å². The van der Waals surface area contributed by atoms with E-state index in [0.29, 0.717) is 5.56 Å². The average molecular weight is 278 g/mol. The fraction of sp³-hybridized carbons (Fsp3) is 0.0588. The minimum absolute atomic E-state index is 0.280. The molecule has 1 N–H and O–H groups in total. The number of rotatable bonds is 4. The first-order valence-electron chi connectivity index (χ1n) is 6.63. The Bertz CT molecular complexity index is 704. The van der Waals surface area contributed by atoms with Crippen molar-refractivity contribution < 1.29 is 9.53 Å². The molecule has 1 heterocycles. The number of aromatic nitrogens is 2. The number of nitrogens with one attached hydrogen (secondary N) is 1. The number of ether oxygens (including phenoxy) is 1. The molecule has 0 bridgehead atoms. The van der Waals surface area contributed by atoms with Crippen LogP contribution in [0, 0.1) is 0 Å². The van der Waals surface area contributed by atoms with E-state index in [4.69, 9.17) is 4.74 Å². The van der Waals surface area contributed by atoms with Gasteiger partial charge < -0.3 is 9.72 Å². The summed E-state index contributed by atoms with van der Waals surface area (Å²) < 4.78 is 5.29. The summed E-state index contributed by atoms with van der Waals surface area (Å²) in [6, 6.07) is 16.9. The lowest BCUT2D eigenvalue weighted by Gasteiger charge is -2.05. The summed E-state index contributed by atoms with van der Waals surface area (Å²) in [6.45, 7) is 0.280.